The zero-order valence-corrected chi connectivity index (χ0v) is 21.7. The molecular formula is C24H22ClF3N8O4. The van der Waals surface area contributed by atoms with E-state index in [1.807, 2.05) is 0 Å². The van der Waals surface area contributed by atoms with Crippen molar-refractivity contribution in [2.24, 2.45) is 19.8 Å². The number of alkyl halides is 3. The summed E-state index contributed by atoms with van der Waals surface area (Å²) in [6, 6.07) is 0.701. The van der Waals surface area contributed by atoms with Gasteiger partial charge in [0.15, 0.2) is 22.8 Å². The molecule has 0 amide bonds. The van der Waals surface area contributed by atoms with Gasteiger partial charge in [-0.25, -0.2) is 15.0 Å². The SMILES string of the molecule is Cn1cc(C(F)(F)F)cc(Nc2nc3ncc(O/C(=C/N)c4nccnc4O[C@@H]4CC[C@H]4O)c(Cl)c3n2C)c1=O. The quantitative estimate of drug-likeness (QED) is 0.279. The van der Waals surface area contributed by atoms with Crippen LogP contribution in [-0.4, -0.2) is 46.4 Å². The van der Waals surface area contributed by atoms with Crippen molar-refractivity contribution in [1.29, 1.82) is 0 Å². The van der Waals surface area contributed by atoms with Crippen LogP contribution in [0, 0.1) is 0 Å². The van der Waals surface area contributed by atoms with Gasteiger partial charge in [0, 0.05) is 38.9 Å². The molecule has 1 aliphatic carbocycles. The van der Waals surface area contributed by atoms with Crippen LogP contribution in [0.4, 0.5) is 24.8 Å². The van der Waals surface area contributed by atoms with Crippen molar-refractivity contribution in [3.8, 4) is 11.6 Å². The Bertz CT molecular complexity index is 1690. The molecule has 0 bridgehead atoms. The number of aromatic nitrogens is 6. The monoisotopic (exact) mass is 578 g/mol. The largest absolute Gasteiger partial charge is 0.470 e. The number of anilines is 2. The molecule has 1 fully saturated rings. The Labute approximate surface area is 228 Å². The van der Waals surface area contributed by atoms with Crippen molar-refractivity contribution < 1.29 is 27.8 Å². The molecule has 12 nitrogen and oxygen atoms in total. The number of hydrogen-bond acceptors (Lipinski definition) is 10. The van der Waals surface area contributed by atoms with Gasteiger partial charge in [-0.15, -0.1) is 0 Å². The lowest BCUT2D eigenvalue weighted by Gasteiger charge is -2.32. The van der Waals surface area contributed by atoms with Gasteiger partial charge in [0.2, 0.25) is 11.8 Å². The molecule has 16 heteroatoms. The third kappa shape index (κ3) is 5.00. The smallest absolute Gasteiger partial charge is 0.417 e. The average molecular weight is 579 g/mol. The van der Waals surface area contributed by atoms with Gasteiger partial charge in [-0.05, 0) is 18.9 Å². The summed E-state index contributed by atoms with van der Waals surface area (Å²) in [4.78, 5) is 29.4. The molecule has 4 heterocycles. The van der Waals surface area contributed by atoms with E-state index in [2.05, 4.69) is 25.3 Å². The highest BCUT2D eigenvalue weighted by molar-refractivity contribution is 6.36. The molecule has 1 saturated carbocycles. The van der Waals surface area contributed by atoms with Crippen molar-refractivity contribution in [2.75, 3.05) is 5.32 Å². The number of halogens is 4. The van der Waals surface area contributed by atoms with Crippen molar-refractivity contribution in [3.05, 3.63) is 63.7 Å². The van der Waals surface area contributed by atoms with Gasteiger partial charge in [0.05, 0.1) is 17.9 Å². The summed E-state index contributed by atoms with van der Waals surface area (Å²) in [5.41, 5.74) is 4.31. The van der Waals surface area contributed by atoms with Crippen molar-refractivity contribution in [3.63, 3.8) is 0 Å². The predicted octanol–water partition coefficient (Wildman–Crippen LogP) is 3.11. The minimum absolute atomic E-state index is 0.0104. The number of fused-ring (bicyclic) bond motifs is 1. The highest BCUT2D eigenvalue weighted by Gasteiger charge is 2.33. The molecule has 4 N–H and O–H groups in total. The predicted molar refractivity (Wildman–Crippen MR) is 138 cm³/mol. The van der Waals surface area contributed by atoms with Gasteiger partial charge in [-0.2, -0.15) is 18.2 Å². The molecule has 0 saturated heterocycles. The van der Waals surface area contributed by atoms with Crippen molar-refractivity contribution >= 4 is 40.2 Å². The number of aliphatic hydroxyl groups is 1. The Morgan fingerprint density at radius 3 is 2.65 bits per heavy atom. The van der Waals surface area contributed by atoms with E-state index in [0.29, 0.717) is 25.1 Å². The summed E-state index contributed by atoms with van der Waals surface area (Å²) in [6.45, 7) is 0. The number of hydrogen-bond donors (Lipinski definition) is 3. The summed E-state index contributed by atoms with van der Waals surface area (Å²) in [7, 11) is 2.75. The molecule has 4 aromatic rings. The molecule has 1 aliphatic rings. The summed E-state index contributed by atoms with van der Waals surface area (Å²) in [6.07, 6.45) is 1.48. The Kier molecular flexibility index (Phi) is 7.01. The van der Waals surface area contributed by atoms with Crippen LogP contribution >= 0.6 is 11.6 Å². The van der Waals surface area contributed by atoms with Crippen LogP contribution in [0.15, 0.2) is 41.8 Å². The first-order valence-corrected chi connectivity index (χ1v) is 12.2. The number of imidazole rings is 1. The topological polar surface area (TPSA) is 155 Å². The summed E-state index contributed by atoms with van der Waals surface area (Å²) >= 11 is 6.63. The Hall–Kier alpha value is -4.37. The fraction of sp³-hybridized carbons (Fsp3) is 0.292. The summed E-state index contributed by atoms with van der Waals surface area (Å²) < 4.78 is 53.8. The minimum atomic E-state index is -4.66. The number of nitrogens with zero attached hydrogens (tertiary/aromatic N) is 6. The molecule has 0 unspecified atom stereocenters. The molecule has 0 aromatic carbocycles. The van der Waals surface area contributed by atoms with E-state index in [1.165, 1.54) is 37.3 Å². The van der Waals surface area contributed by atoms with Crippen LogP contribution in [0.1, 0.15) is 24.1 Å². The van der Waals surface area contributed by atoms with Crippen LogP contribution in [0.25, 0.3) is 16.9 Å². The average Bonchev–Trinajstić information content (AvgIpc) is 3.23. The molecule has 2 atom stereocenters. The first-order chi connectivity index (χ1) is 19.0. The Morgan fingerprint density at radius 2 is 2.00 bits per heavy atom. The van der Waals surface area contributed by atoms with Crippen LogP contribution in [-0.2, 0) is 20.3 Å². The van der Waals surface area contributed by atoms with Crippen LogP contribution < -0.4 is 26.1 Å². The Balaban J connectivity index is 1.47. The lowest BCUT2D eigenvalue weighted by Crippen LogP contribution is -2.41. The maximum atomic E-state index is 13.3. The normalized spacial score (nSPS) is 17.5. The van der Waals surface area contributed by atoms with E-state index >= 15 is 0 Å². The minimum Gasteiger partial charge on any atom is -0.470 e. The van der Waals surface area contributed by atoms with E-state index in [0.717, 1.165) is 10.8 Å². The zero-order valence-electron chi connectivity index (χ0n) is 21.0. The number of rotatable bonds is 7. The highest BCUT2D eigenvalue weighted by Crippen LogP contribution is 2.37. The summed E-state index contributed by atoms with van der Waals surface area (Å²) in [5.74, 6) is 0.197. The molecule has 210 valence electrons. The van der Waals surface area contributed by atoms with E-state index < -0.39 is 29.5 Å². The van der Waals surface area contributed by atoms with Gasteiger partial charge < -0.3 is 34.8 Å². The lowest BCUT2D eigenvalue weighted by molar-refractivity contribution is -0.138. The van der Waals surface area contributed by atoms with Gasteiger partial charge in [-0.3, -0.25) is 4.79 Å². The maximum Gasteiger partial charge on any atom is 0.417 e. The van der Waals surface area contributed by atoms with Crippen molar-refractivity contribution in [1.82, 2.24) is 29.1 Å². The van der Waals surface area contributed by atoms with E-state index in [4.69, 9.17) is 26.8 Å². The fourth-order valence-electron chi connectivity index (χ4n) is 3.97. The van der Waals surface area contributed by atoms with Crippen LogP contribution in [0.3, 0.4) is 0 Å². The number of aryl methyl sites for hydroxylation is 2. The zero-order chi connectivity index (χ0) is 28.8. The van der Waals surface area contributed by atoms with Gasteiger partial charge in [-0.1, -0.05) is 11.6 Å². The second-order valence-electron chi connectivity index (χ2n) is 8.93. The molecule has 0 spiro atoms. The molecule has 40 heavy (non-hydrogen) atoms. The molecule has 4 aromatic heterocycles. The van der Waals surface area contributed by atoms with Crippen molar-refractivity contribution in [2.45, 2.75) is 31.2 Å². The second-order valence-corrected chi connectivity index (χ2v) is 9.31. The molecule has 5 rings (SSSR count). The number of nitrogens with one attached hydrogen (secondary N) is 1. The van der Waals surface area contributed by atoms with Gasteiger partial charge in [0.25, 0.3) is 5.56 Å². The van der Waals surface area contributed by atoms with Crippen LogP contribution in [0.2, 0.25) is 5.02 Å². The fourth-order valence-corrected chi connectivity index (χ4v) is 4.26. The van der Waals surface area contributed by atoms with E-state index in [9.17, 15) is 23.1 Å². The summed E-state index contributed by atoms with van der Waals surface area (Å²) in [5, 5.41) is 12.6. The number of pyridine rings is 2. The number of aliphatic hydroxyl groups excluding tert-OH is 1. The number of nitrogens with two attached hydrogens (primary N) is 1. The molecule has 0 aliphatic heterocycles. The number of ether oxygens (including phenoxy) is 2. The lowest BCUT2D eigenvalue weighted by atomic mass is 9.92. The third-order valence-electron chi connectivity index (χ3n) is 6.27. The third-order valence-corrected chi connectivity index (χ3v) is 6.64. The van der Waals surface area contributed by atoms with E-state index in [1.54, 1.807) is 0 Å². The standard InChI is InChI=1S/C24H22ClF3N8O4/c1-35-10-11(24(26,27)28)7-12(22(35)38)33-23-34-20-19(36(23)2)17(25)16(9-32-20)39-15(8-29)18-21(31-6-5-30-18)40-14-4-3-13(14)37/h5-10,13-14,37H,3-4,29H2,1-2H3,(H,32,33,34)/b15-8+/t13-,14-/m1/s1. The first kappa shape index (κ1) is 27.2. The highest BCUT2D eigenvalue weighted by atomic mass is 35.5. The van der Waals surface area contributed by atoms with E-state index in [-0.39, 0.29) is 50.9 Å². The molecule has 0 radical (unpaired) electrons. The molecular weight excluding hydrogens is 557 g/mol. The Morgan fingerprint density at radius 1 is 1.25 bits per heavy atom. The van der Waals surface area contributed by atoms with Gasteiger partial charge in [0.1, 0.15) is 22.3 Å². The second kappa shape index (κ2) is 10.3. The first-order valence-electron chi connectivity index (χ1n) is 11.8. The van der Waals surface area contributed by atoms with Crippen LogP contribution in [0.5, 0.6) is 11.6 Å². The maximum absolute atomic E-state index is 13.3. The van der Waals surface area contributed by atoms with Gasteiger partial charge >= 0.3 is 6.18 Å².